The first-order valence-corrected chi connectivity index (χ1v) is 9.98. The smallest absolute Gasteiger partial charge is 0.414 e. The van der Waals surface area contributed by atoms with Crippen molar-refractivity contribution in [2.75, 3.05) is 37.7 Å². The first-order chi connectivity index (χ1) is 13.2. The Bertz CT molecular complexity index is 775. The molecule has 2 amide bonds. The average Bonchev–Trinajstić information content (AvgIpc) is 2.83. The van der Waals surface area contributed by atoms with Crippen LogP contribution in [0.1, 0.15) is 38.8 Å². The Morgan fingerprint density at radius 1 is 1.18 bits per heavy atom. The molecule has 2 heterocycles. The Kier molecular flexibility index (Phi) is 5.93. The van der Waals surface area contributed by atoms with E-state index < -0.39 is 11.7 Å². The van der Waals surface area contributed by atoms with Crippen LogP contribution < -0.4 is 9.64 Å². The van der Waals surface area contributed by atoms with Gasteiger partial charge in [0, 0.05) is 13.1 Å². The van der Waals surface area contributed by atoms with Crippen molar-refractivity contribution in [2.45, 2.75) is 46.1 Å². The predicted molar refractivity (Wildman–Crippen MR) is 107 cm³/mol. The van der Waals surface area contributed by atoms with Crippen LogP contribution in [0.5, 0.6) is 5.75 Å². The van der Waals surface area contributed by atoms with E-state index in [0.717, 1.165) is 11.1 Å². The Labute approximate surface area is 170 Å². The van der Waals surface area contributed by atoms with Crippen LogP contribution >= 0.6 is 11.6 Å². The molecule has 2 aliphatic rings. The van der Waals surface area contributed by atoms with Crippen molar-refractivity contribution < 1.29 is 23.8 Å². The van der Waals surface area contributed by atoms with Crippen molar-refractivity contribution in [3.8, 4) is 5.75 Å². The van der Waals surface area contributed by atoms with Gasteiger partial charge in [-0.15, -0.1) is 0 Å². The van der Waals surface area contributed by atoms with E-state index in [1.807, 2.05) is 26.8 Å². The number of hydrogen-bond donors (Lipinski definition) is 0. The van der Waals surface area contributed by atoms with Gasteiger partial charge in [0.05, 0.1) is 23.9 Å². The van der Waals surface area contributed by atoms with E-state index in [-0.39, 0.29) is 6.09 Å². The highest BCUT2D eigenvalue weighted by atomic mass is 35.5. The maximum Gasteiger partial charge on any atom is 0.414 e. The highest BCUT2D eigenvalue weighted by molar-refractivity contribution is 6.33. The second-order valence-electron chi connectivity index (χ2n) is 7.84. The summed E-state index contributed by atoms with van der Waals surface area (Å²) in [4.78, 5) is 28.0. The lowest BCUT2D eigenvalue weighted by atomic mass is 10.0. The van der Waals surface area contributed by atoms with Gasteiger partial charge < -0.3 is 19.1 Å². The minimum atomic E-state index is -0.541. The first-order valence-electron chi connectivity index (χ1n) is 9.60. The molecular formula is C20H27ClN2O5. The van der Waals surface area contributed by atoms with Crippen molar-refractivity contribution in [3.05, 3.63) is 22.2 Å². The van der Waals surface area contributed by atoms with Gasteiger partial charge in [-0.25, -0.2) is 9.59 Å². The Morgan fingerprint density at radius 3 is 2.57 bits per heavy atom. The Balaban J connectivity index is 1.87. The summed E-state index contributed by atoms with van der Waals surface area (Å²) in [7, 11) is 0. The van der Waals surface area contributed by atoms with Crippen molar-refractivity contribution in [3.63, 3.8) is 0 Å². The average molecular weight is 411 g/mol. The molecule has 0 spiro atoms. The van der Waals surface area contributed by atoms with E-state index in [2.05, 4.69) is 0 Å². The zero-order valence-corrected chi connectivity index (χ0v) is 17.6. The molecule has 8 heteroatoms. The maximum absolute atomic E-state index is 12.4. The largest absolute Gasteiger partial charge is 0.488 e. The summed E-state index contributed by atoms with van der Waals surface area (Å²) < 4.78 is 16.4. The van der Waals surface area contributed by atoms with Gasteiger partial charge in [0.25, 0.3) is 0 Å². The summed E-state index contributed by atoms with van der Waals surface area (Å²) in [6, 6.07) is 1.94. The molecule has 1 aromatic rings. The lowest BCUT2D eigenvalue weighted by molar-refractivity contribution is 0.0258. The van der Waals surface area contributed by atoms with Crippen molar-refractivity contribution in [1.29, 1.82) is 0 Å². The zero-order valence-electron chi connectivity index (χ0n) is 16.8. The number of carbonyl (C=O) groups excluding carboxylic acids is 2. The molecule has 0 radical (unpaired) electrons. The number of carbonyl (C=O) groups is 2. The van der Waals surface area contributed by atoms with E-state index >= 15 is 0 Å². The minimum Gasteiger partial charge on any atom is -0.488 e. The van der Waals surface area contributed by atoms with E-state index in [9.17, 15) is 9.59 Å². The molecular weight excluding hydrogens is 384 g/mol. The number of nitrogens with zero attached hydrogens (tertiary/aromatic N) is 2. The molecule has 0 unspecified atom stereocenters. The number of ether oxygens (including phenoxy) is 3. The van der Waals surface area contributed by atoms with Crippen LogP contribution in [0, 0.1) is 0 Å². The van der Waals surface area contributed by atoms with Gasteiger partial charge in [0.2, 0.25) is 0 Å². The second kappa shape index (κ2) is 8.07. The lowest BCUT2D eigenvalue weighted by Crippen LogP contribution is -2.38. The SMILES string of the molecule is CCOC(=O)N1CCOc2c1cc1c(c2Cl)CCN(C(=O)OC(C)(C)C)CC1. The summed E-state index contributed by atoms with van der Waals surface area (Å²) in [5.41, 5.74) is 2.05. The van der Waals surface area contributed by atoms with Crippen molar-refractivity contribution in [1.82, 2.24) is 4.90 Å². The fourth-order valence-corrected chi connectivity index (χ4v) is 3.78. The number of amides is 2. The molecule has 0 bridgehead atoms. The quantitative estimate of drug-likeness (QED) is 0.699. The number of rotatable bonds is 1. The third-order valence-electron chi connectivity index (χ3n) is 4.67. The summed E-state index contributed by atoms with van der Waals surface area (Å²) in [6.07, 6.45) is 0.486. The summed E-state index contributed by atoms with van der Waals surface area (Å²) in [5.74, 6) is 0.505. The monoisotopic (exact) mass is 410 g/mol. The van der Waals surface area contributed by atoms with Crippen LogP contribution in [0.15, 0.2) is 6.07 Å². The Morgan fingerprint density at radius 2 is 1.89 bits per heavy atom. The summed E-state index contributed by atoms with van der Waals surface area (Å²) >= 11 is 6.66. The van der Waals surface area contributed by atoms with E-state index in [1.165, 1.54) is 0 Å². The van der Waals surface area contributed by atoms with E-state index in [0.29, 0.717) is 62.1 Å². The van der Waals surface area contributed by atoms with Crippen LogP contribution in [0.25, 0.3) is 0 Å². The molecule has 0 aliphatic carbocycles. The molecule has 0 saturated heterocycles. The molecule has 2 aliphatic heterocycles. The standard InChI is InChI=1S/C20H27ClN2O5/c1-5-26-19(25)23-10-11-27-17-15(23)12-13-6-8-22(9-7-14(13)16(17)21)18(24)28-20(2,3)4/h12H,5-11H2,1-4H3. The van der Waals surface area contributed by atoms with E-state index in [4.69, 9.17) is 25.8 Å². The summed E-state index contributed by atoms with van der Waals surface area (Å²) in [6.45, 7) is 9.43. The topological polar surface area (TPSA) is 68.3 Å². The van der Waals surface area contributed by atoms with Gasteiger partial charge in [-0.3, -0.25) is 4.90 Å². The molecule has 28 heavy (non-hydrogen) atoms. The van der Waals surface area contributed by atoms with Gasteiger partial charge in [-0.1, -0.05) is 11.6 Å². The van der Waals surface area contributed by atoms with Crippen LogP contribution in [-0.2, 0) is 22.3 Å². The summed E-state index contributed by atoms with van der Waals surface area (Å²) in [5, 5.41) is 0.507. The van der Waals surface area contributed by atoms with Crippen LogP contribution in [0.2, 0.25) is 5.02 Å². The van der Waals surface area contributed by atoms with Gasteiger partial charge in [-0.2, -0.15) is 0 Å². The highest BCUT2D eigenvalue weighted by Crippen LogP contribution is 2.43. The first kappa shape index (κ1) is 20.6. The van der Waals surface area contributed by atoms with E-state index in [1.54, 1.807) is 16.7 Å². The lowest BCUT2D eigenvalue weighted by Gasteiger charge is -2.30. The molecule has 0 aromatic heterocycles. The number of benzene rings is 1. The van der Waals surface area contributed by atoms with Crippen LogP contribution in [0.4, 0.5) is 15.3 Å². The minimum absolute atomic E-state index is 0.301. The number of hydrogen-bond acceptors (Lipinski definition) is 5. The van der Waals surface area contributed by atoms with Crippen molar-refractivity contribution >= 4 is 29.5 Å². The predicted octanol–water partition coefficient (Wildman–Crippen LogP) is 4.03. The maximum atomic E-state index is 12.4. The van der Waals surface area contributed by atoms with Gasteiger partial charge >= 0.3 is 12.2 Å². The third kappa shape index (κ3) is 4.29. The molecule has 154 valence electrons. The molecule has 0 N–H and O–H groups in total. The van der Waals surface area contributed by atoms with Gasteiger partial charge in [0.1, 0.15) is 12.2 Å². The Hall–Kier alpha value is -2.15. The van der Waals surface area contributed by atoms with Crippen molar-refractivity contribution in [2.24, 2.45) is 0 Å². The normalized spacial score (nSPS) is 16.5. The third-order valence-corrected chi connectivity index (χ3v) is 5.07. The number of fused-ring (bicyclic) bond motifs is 2. The molecule has 0 saturated carbocycles. The van der Waals surface area contributed by atoms with Crippen LogP contribution in [-0.4, -0.2) is 55.5 Å². The van der Waals surface area contributed by atoms with Gasteiger partial charge in [-0.05, 0) is 57.7 Å². The molecule has 0 fully saturated rings. The number of anilines is 1. The molecule has 0 atom stereocenters. The van der Waals surface area contributed by atoms with Crippen LogP contribution in [0.3, 0.4) is 0 Å². The second-order valence-corrected chi connectivity index (χ2v) is 8.22. The highest BCUT2D eigenvalue weighted by Gasteiger charge is 2.31. The fraction of sp³-hybridized carbons (Fsp3) is 0.600. The fourth-order valence-electron chi connectivity index (χ4n) is 3.41. The number of halogens is 1. The molecule has 1 aromatic carbocycles. The molecule has 7 nitrogen and oxygen atoms in total. The molecule has 3 rings (SSSR count). The van der Waals surface area contributed by atoms with Gasteiger partial charge in [0.15, 0.2) is 5.75 Å². The zero-order chi connectivity index (χ0) is 20.5.